The van der Waals surface area contributed by atoms with Crippen LogP contribution in [0.5, 0.6) is 0 Å². The number of isocyanates is 1. The molecule has 0 rings (SSSR count). The normalized spacial score (nSPS) is 10.7. The van der Waals surface area contributed by atoms with Gasteiger partial charge in [-0.2, -0.15) is 0 Å². The third-order valence-corrected chi connectivity index (χ3v) is 2.31. The Kier molecular flexibility index (Phi) is 7.42. The molecule has 0 saturated heterocycles. The maximum absolute atomic E-state index is 11.5. The van der Waals surface area contributed by atoms with Gasteiger partial charge in [-0.25, -0.2) is 9.79 Å². The second kappa shape index (κ2) is 8.02. The van der Waals surface area contributed by atoms with Gasteiger partial charge in [-0.1, -0.05) is 6.92 Å². The van der Waals surface area contributed by atoms with E-state index in [1.165, 1.54) is 6.08 Å². The number of esters is 1. The summed E-state index contributed by atoms with van der Waals surface area (Å²) in [6.07, 6.45) is 2.15. The Labute approximate surface area is 95.8 Å². The molecule has 0 unspecified atom stereocenters. The lowest BCUT2D eigenvalue weighted by Crippen LogP contribution is -2.27. The molecule has 0 aliphatic heterocycles. The predicted octanol–water partition coefficient (Wildman–Crippen LogP) is 1.32. The van der Waals surface area contributed by atoms with E-state index in [9.17, 15) is 9.59 Å². The van der Waals surface area contributed by atoms with Gasteiger partial charge in [0.1, 0.15) is 6.61 Å². The van der Waals surface area contributed by atoms with Gasteiger partial charge < -0.3 is 9.47 Å². The van der Waals surface area contributed by atoms with Crippen LogP contribution < -0.4 is 0 Å². The lowest BCUT2D eigenvalue weighted by molar-refractivity contribution is -0.155. The zero-order valence-electron chi connectivity index (χ0n) is 10.1. The molecule has 0 radical (unpaired) electrons. The monoisotopic (exact) mass is 229 g/mol. The quantitative estimate of drug-likeness (QED) is 0.272. The van der Waals surface area contributed by atoms with E-state index in [0.29, 0.717) is 13.2 Å². The molecule has 0 aliphatic rings. The molecule has 0 amide bonds. The topological polar surface area (TPSA) is 65.0 Å². The highest BCUT2D eigenvalue weighted by Crippen LogP contribution is 2.21. The van der Waals surface area contributed by atoms with Gasteiger partial charge in [0.2, 0.25) is 6.08 Å². The van der Waals surface area contributed by atoms with Gasteiger partial charge in [-0.05, 0) is 20.3 Å². The van der Waals surface area contributed by atoms with Gasteiger partial charge in [0.15, 0.2) is 0 Å². The van der Waals surface area contributed by atoms with E-state index in [1.54, 1.807) is 0 Å². The van der Waals surface area contributed by atoms with Crippen molar-refractivity contribution in [2.24, 2.45) is 10.4 Å². The van der Waals surface area contributed by atoms with E-state index in [4.69, 9.17) is 9.47 Å². The number of ether oxygens (including phenoxy) is 2. The Hall–Kier alpha value is -1.19. The van der Waals surface area contributed by atoms with Gasteiger partial charge in [0.05, 0.1) is 25.2 Å². The highest BCUT2D eigenvalue weighted by atomic mass is 16.6. The third kappa shape index (κ3) is 6.32. The first-order valence-corrected chi connectivity index (χ1v) is 5.33. The first-order chi connectivity index (χ1) is 7.54. The lowest BCUT2D eigenvalue weighted by Gasteiger charge is -2.20. The molecular formula is C11H19NO4. The molecule has 0 spiro atoms. The summed E-state index contributed by atoms with van der Waals surface area (Å²) in [6, 6.07) is 0. The second-order valence-electron chi connectivity index (χ2n) is 3.96. The van der Waals surface area contributed by atoms with E-state index < -0.39 is 5.41 Å². The Balaban J connectivity index is 3.52. The van der Waals surface area contributed by atoms with Crippen LogP contribution in [0.1, 0.15) is 27.2 Å². The summed E-state index contributed by atoms with van der Waals surface area (Å²) < 4.78 is 10.1. The molecule has 16 heavy (non-hydrogen) atoms. The Morgan fingerprint density at radius 2 is 2.00 bits per heavy atom. The second-order valence-corrected chi connectivity index (χ2v) is 3.96. The van der Waals surface area contributed by atoms with Crippen molar-refractivity contribution < 1.29 is 19.1 Å². The van der Waals surface area contributed by atoms with Crippen LogP contribution in [0.15, 0.2) is 4.99 Å². The molecule has 0 saturated carbocycles. The minimum atomic E-state index is -0.443. The molecule has 0 aromatic carbocycles. The van der Waals surface area contributed by atoms with Crippen LogP contribution in [0, 0.1) is 5.41 Å². The lowest BCUT2D eigenvalue weighted by atomic mass is 9.91. The van der Waals surface area contributed by atoms with Crippen molar-refractivity contribution in [3.05, 3.63) is 0 Å². The minimum absolute atomic E-state index is 0.218. The number of carbonyl (C=O) groups excluding carboxylic acids is 2. The van der Waals surface area contributed by atoms with Crippen molar-refractivity contribution in [2.75, 3.05) is 26.4 Å². The molecule has 0 fully saturated rings. The zero-order chi connectivity index (χ0) is 12.4. The standard InChI is InChI=1S/C11H19NO4/c1-4-11(2,3)10(14)16-8-7-15-6-5-12-9-13/h4-8H2,1-3H3. The SMILES string of the molecule is CCC(C)(C)C(=O)OCCOCCN=C=O. The third-order valence-electron chi connectivity index (χ3n) is 2.31. The Bertz CT molecular complexity index is 257. The Morgan fingerprint density at radius 3 is 2.56 bits per heavy atom. The number of hydrogen-bond donors (Lipinski definition) is 0. The van der Waals surface area contributed by atoms with Crippen LogP contribution in [0.25, 0.3) is 0 Å². The number of carbonyl (C=O) groups is 1. The van der Waals surface area contributed by atoms with Gasteiger partial charge in [0, 0.05) is 0 Å². The van der Waals surface area contributed by atoms with Crippen LogP contribution in [-0.2, 0) is 19.1 Å². The van der Waals surface area contributed by atoms with Crippen molar-refractivity contribution in [1.82, 2.24) is 0 Å². The molecule has 0 aromatic heterocycles. The number of nitrogens with zero attached hydrogens (tertiary/aromatic N) is 1. The fraction of sp³-hybridized carbons (Fsp3) is 0.818. The van der Waals surface area contributed by atoms with Gasteiger partial charge in [-0.15, -0.1) is 0 Å². The van der Waals surface area contributed by atoms with Gasteiger partial charge in [-0.3, -0.25) is 4.79 Å². The number of rotatable bonds is 8. The summed E-state index contributed by atoms with van der Waals surface area (Å²) in [7, 11) is 0. The number of aliphatic imine (C=N–C) groups is 1. The molecule has 0 bridgehead atoms. The van der Waals surface area contributed by atoms with Gasteiger partial charge >= 0.3 is 5.97 Å². The summed E-state index contributed by atoms with van der Waals surface area (Å²) in [4.78, 5) is 24.5. The predicted molar refractivity (Wildman–Crippen MR) is 58.8 cm³/mol. The largest absolute Gasteiger partial charge is 0.463 e. The molecule has 0 atom stereocenters. The Morgan fingerprint density at radius 1 is 1.31 bits per heavy atom. The van der Waals surface area contributed by atoms with Crippen LogP contribution in [0.2, 0.25) is 0 Å². The van der Waals surface area contributed by atoms with Crippen molar-refractivity contribution in [3.63, 3.8) is 0 Å². The summed E-state index contributed by atoms with van der Waals surface area (Å²) in [5.74, 6) is -0.218. The molecule has 0 aliphatic carbocycles. The van der Waals surface area contributed by atoms with E-state index >= 15 is 0 Å². The van der Waals surface area contributed by atoms with E-state index in [-0.39, 0.29) is 19.1 Å². The first-order valence-electron chi connectivity index (χ1n) is 5.33. The average molecular weight is 229 g/mol. The average Bonchev–Trinajstić information content (AvgIpc) is 2.27. The summed E-state index contributed by atoms with van der Waals surface area (Å²) in [5, 5.41) is 0. The van der Waals surface area contributed by atoms with E-state index in [0.717, 1.165) is 6.42 Å². The van der Waals surface area contributed by atoms with E-state index in [2.05, 4.69) is 4.99 Å². The molecule has 92 valence electrons. The van der Waals surface area contributed by atoms with Crippen molar-refractivity contribution in [3.8, 4) is 0 Å². The first kappa shape index (κ1) is 14.8. The summed E-state index contributed by atoms with van der Waals surface area (Å²) in [5.41, 5.74) is -0.443. The molecule has 0 aromatic rings. The van der Waals surface area contributed by atoms with Crippen LogP contribution in [0.4, 0.5) is 0 Å². The van der Waals surface area contributed by atoms with Crippen molar-refractivity contribution in [1.29, 1.82) is 0 Å². The van der Waals surface area contributed by atoms with Gasteiger partial charge in [0.25, 0.3) is 0 Å². The summed E-state index contributed by atoms with van der Waals surface area (Å²) in [6.45, 7) is 6.80. The minimum Gasteiger partial charge on any atom is -0.463 e. The van der Waals surface area contributed by atoms with Crippen molar-refractivity contribution >= 4 is 12.0 Å². The van der Waals surface area contributed by atoms with E-state index in [1.807, 2.05) is 20.8 Å². The maximum Gasteiger partial charge on any atom is 0.311 e. The van der Waals surface area contributed by atoms with Crippen LogP contribution >= 0.6 is 0 Å². The number of hydrogen-bond acceptors (Lipinski definition) is 5. The molecule has 5 nitrogen and oxygen atoms in total. The fourth-order valence-electron chi connectivity index (χ4n) is 0.791. The smallest absolute Gasteiger partial charge is 0.311 e. The molecule has 0 heterocycles. The highest BCUT2D eigenvalue weighted by Gasteiger charge is 2.26. The summed E-state index contributed by atoms with van der Waals surface area (Å²) >= 11 is 0. The maximum atomic E-state index is 11.5. The van der Waals surface area contributed by atoms with Crippen molar-refractivity contribution in [2.45, 2.75) is 27.2 Å². The highest BCUT2D eigenvalue weighted by molar-refractivity contribution is 5.75. The molecule has 0 N–H and O–H groups in total. The zero-order valence-corrected chi connectivity index (χ0v) is 10.1. The molecular weight excluding hydrogens is 210 g/mol. The van der Waals surface area contributed by atoms with Crippen LogP contribution in [-0.4, -0.2) is 38.4 Å². The van der Waals surface area contributed by atoms with Crippen LogP contribution in [0.3, 0.4) is 0 Å². The fourth-order valence-corrected chi connectivity index (χ4v) is 0.791. The molecule has 5 heteroatoms.